The molecule has 3 rings (SSSR count). The fourth-order valence-corrected chi connectivity index (χ4v) is 2.86. The lowest BCUT2D eigenvalue weighted by molar-refractivity contribution is -0.122. The highest BCUT2D eigenvalue weighted by Crippen LogP contribution is 2.27. The number of ether oxygens (including phenoxy) is 2. The quantitative estimate of drug-likeness (QED) is 0.630. The van der Waals surface area contributed by atoms with Gasteiger partial charge in [-0.05, 0) is 60.4 Å². The van der Waals surface area contributed by atoms with E-state index in [2.05, 4.69) is 10.3 Å². The van der Waals surface area contributed by atoms with Crippen molar-refractivity contribution in [2.24, 2.45) is 0 Å². The number of para-hydroxylation sites is 2. The van der Waals surface area contributed by atoms with Crippen LogP contribution in [0.2, 0.25) is 0 Å². The van der Waals surface area contributed by atoms with Crippen molar-refractivity contribution in [3.8, 4) is 11.5 Å². The van der Waals surface area contributed by atoms with E-state index in [1.807, 2.05) is 61.5 Å². The second-order valence-electron chi connectivity index (χ2n) is 6.38. The minimum Gasteiger partial charge on any atom is -0.493 e. The number of hydrogen-bond acceptors (Lipinski definition) is 4. The minimum absolute atomic E-state index is 0.185. The van der Waals surface area contributed by atoms with Crippen molar-refractivity contribution >= 4 is 11.6 Å². The molecular formula is C23H24N2O3. The van der Waals surface area contributed by atoms with E-state index in [1.54, 1.807) is 25.6 Å². The first-order valence-corrected chi connectivity index (χ1v) is 9.28. The number of amides is 1. The Morgan fingerprint density at radius 3 is 2.25 bits per heavy atom. The van der Waals surface area contributed by atoms with E-state index in [1.165, 1.54) is 11.1 Å². The van der Waals surface area contributed by atoms with Gasteiger partial charge in [0.05, 0.1) is 7.11 Å². The second-order valence-corrected chi connectivity index (χ2v) is 6.38. The summed E-state index contributed by atoms with van der Waals surface area (Å²) in [6, 6.07) is 19.1. The minimum atomic E-state index is -0.604. The van der Waals surface area contributed by atoms with Gasteiger partial charge in [-0.25, -0.2) is 0 Å². The van der Waals surface area contributed by atoms with Gasteiger partial charge in [-0.2, -0.15) is 0 Å². The van der Waals surface area contributed by atoms with Gasteiger partial charge in [-0.3, -0.25) is 9.78 Å². The molecule has 0 saturated heterocycles. The van der Waals surface area contributed by atoms with Gasteiger partial charge in [0.2, 0.25) is 0 Å². The molecule has 1 atom stereocenters. The van der Waals surface area contributed by atoms with Gasteiger partial charge in [0.1, 0.15) is 0 Å². The van der Waals surface area contributed by atoms with E-state index in [0.717, 1.165) is 12.1 Å². The summed E-state index contributed by atoms with van der Waals surface area (Å²) >= 11 is 0. The average Bonchev–Trinajstić information content (AvgIpc) is 2.74. The lowest BCUT2D eigenvalue weighted by atomic mass is 10.1. The lowest BCUT2D eigenvalue weighted by Gasteiger charge is -2.19. The molecule has 3 aromatic rings. The van der Waals surface area contributed by atoms with E-state index in [0.29, 0.717) is 17.9 Å². The largest absolute Gasteiger partial charge is 0.493 e. The molecule has 28 heavy (non-hydrogen) atoms. The van der Waals surface area contributed by atoms with Crippen molar-refractivity contribution < 1.29 is 14.3 Å². The zero-order chi connectivity index (χ0) is 19.8. The number of aromatic nitrogens is 1. The smallest absolute Gasteiger partial charge is 0.265 e. The summed E-state index contributed by atoms with van der Waals surface area (Å²) in [6.45, 7) is 1.91. The fourth-order valence-electron chi connectivity index (χ4n) is 2.86. The summed E-state index contributed by atoms with van der Waals surface area (Å²) in [5, 5.41) is 2.93. The molecule has 0 saturated carbocycles. The molecule has 2 aromatic carbocycles. The number of benzene rings is 2. The topological polar surface area (TPSA) is 60.5 Å². The predicted molar refractivity (Wildman–Crippen MR) is 110 cm³/mol. The highest BCUT2D eigenvalue weighted by atomic mass is 16.5. The van der Waals surface area contributed by atoms with Crippen LogP contribution in [0.15, 0.2) is 73.1 Å². The Balaban J connectivity index is 1.62. The second kappa shape index (κ2) is 9.55. The van der Waals surface area contributed by atoms with Crippen LogP contribution in [0.1, 0.15) is 24.5 Å². The average molecular weight is 376 g/mol. The number of rotatable bonds is 8. The van der Waals surface area contributed by atoms with E-state index < -0.39 is 6.10 Å². The molecule has 0 bridgehead atoms. The van der Waals surface area contributed by atoms with Crippen molar-refractivity contribution in [1.82, 2.24) is 4.98 Å². The Morgan fingerprint density at radius 2 is 1.61 bits per heavy atom. The molecule has 5 heteroatoms. The zero-order valence-corrected chi connectivity index (χ0v) is 16.1. The number of methoxy groups -OCH3 is 1. The maximum absolute atomic E-state index is 12.6. The number of anilines is 1. The number of carbonyl (C=O) groups is 1. The van der Waals surface area contributed by atoms with E-state index >= 15 is 0 Å². The van der Waals surface area contributed by atoms with Crippen LogP contribution < -0.4 is 14.8 Å². The Kier molecular flexibility index (Phi) is 6.63. The molecule has 144 valence electrons. The zero-order valence-electron chi connectivity index (χ0n) is 16.1. The van der Waals surface area contributed by atoms with Crippen molar-refractivity contribution in [1.29, 1.82) is 0 Å². The summed E-state index contributed by atoms with van der Waals surface area (Å²) in [5.74, 6) is 0.976. The van der Waals surface area contributed by atoms with E-state index in [9.17, 15) is 4.79 Å². The molecule has 1 heterocycles. The number of carbonyl (C=O) groups excluding carboxylic acids is 1. The van der Waals surface area contributed by atoms with Gasteiger partial charge in [0.25, 0.3) is 5.91 Å². The third-order valence-electron chi connectivity index (χ3n) is 4.38. The van der Waals surface area contributed by atoms with Crippen LogP contribution >= 0.6 is 0 Å². The molecule has 0 fully saturated rings. The highest BCUT2D eigenvalue weighted by Gasteiger charge is 2.20. The monoisotopic (exact) mass is 376 g/mol. The molecule has 0 aliphatic heterocycles. The van der Waals surface area contributed by atoms with Gasteiger partial charge in [-0.1, -0.05) is 31.2 Å². The first-order chi connectivity index (χ1) is 13.7. The van der Waals surface area contributed by atoms with Gasteiger partial charge in [0.15, 0.2) is 17.6 Å². The summed E-state index contributed by atoms with van der Waals surface area (Å²) in [5.41, 5.74) is 3.11. The number of nitrogens with one attached hydrogen (secondary N) is 1. The van der Waals surface area contributed by atoms with Crippen molar-refractivity contribution in [3.05, 3.63) is 84.2 Å². The Morgan fingerprint density at radius 1 is 0.964 bits per heavy atom. The van der Waals surface area contributed by atoms with Crippen LogP contribution in [0.3, 0.4) is 0 Å². The normalized spacial score (nSPS) is 11.5. The van der Waals surface area contributed by atoms with Crippen LogP contribution in [0.5, 0.6) is 11.5 Å². The van der Waals surface area contributed by atoms with Crippen LogP contribution in [-0.4, -0.2) is 24.1 Å². The first kappa shape index (κ1) is 19.4. The van der Waals surface area contributed by atoms with Crippen LogP contribution in [0.25, 0.3) is 0 Å². The van der Waals surface area contributed by atoms with Crippen LogP contribution in [-0.2, 0) is 11.2 Å². The van der Waals surface area contributed by atoms with Gasteiger partial charge >= 0.3 is 0 Å². The molecule has 5 nitrogen and oxygen atoms in total. The Bertz CT molecular complexity index is 895. The number of nitrogens with zero attached hydrogens (tertiary/aromatic N) is 1. The number of hydrogen-bond donors (Lipinski definition) is 1. The van der Waals surface area contributed by atoms with Crippen LogP contribution in [0, 0.1) is 0 Å². The third-order valence-corrected chi connectivity index (χ3v) is 4.38. The SMILES string of the molecule is CC[C@@H](Oc1ccccc1OC)C(=O)Nc1ccc(Cc2ccncc2)cc1. The lowest BCUT2D eigenvalue weighted by Crippen LogP contribution is -2.32. The van der Waals surface area contributed by atoms with Crippen molar-refractivity contribution in [3.63, 3.8) is 0 Å². The van der Waals surface area contributed by atoms with Gasteiger partial charge in [-0.15, -0.1) is 0 Å². The predicted octanol–water partition coefficient (Wildman–Crippen LogP) is 4.48. The third kappa shape index (κ3) is 5.10. The maximum atomic E-state index is 12.6. The molecule has 1 aromatic heterocycles. The fraction of sp³-hybridized carbons (Fsp3) is 0.217. The van der Waals surface area contributed by atoms with Crippen molar-refractivity contribution in [2.75, 3.05) is 12.4 Å². The molecule has 0 unspecified atom stereocenters. The van der Waals surface area contributed by atoms with Crippen LogP contribution in [0.4, 0.5) is 5.69 Å². The summed E-state index contributed by atoms with van der Waals surface area (Å²) < 4.78 is 11.2. The maximum Gasteiger partial charge on any atom is 0.265 e. The Hall–Kier alpha value is -3.34. The highest BCUT2D eigenvalue weighted by molar-refractivity contribution is 5.94. The van der Waals surface area contributed by atoms with Crippen molar-refractivity contribution in [2.45, 2.75) is 25.9 Å². The molecule has 1 N–H and O–H groups in total. The standard InChI is InChI=1S/C23H24N2O3/c1-3-20(28-22-7-5-4-6-21(22)27-2)23(26)25-19-10-8-17(9-11-19)16-18-12-14-24-15-13-18/h4-15,20H,3,16H2,1-2H3,(H,25,26)/t20-/m1/s1. The summed E-state index contributed by atoms with van der Waals surface area (Å²) in [6.07, 6.45) is 4.34. The number of pyridine rings is 1. The summed E-state index contributed by atoms with van der Waals surface area (Å²) in [4.78, 5) is 16.7. The molecular weight excluding hydrogens is 352 g/mol. The first-order valence-electron chi connectivity index (χ1n) is 9.28. The van der Waals surface area contributed by atoms with E-state index in [-0.39, 0.29) is 5.91 Å². The van der Waals surface area contributed by atoms with E-state index in [4.69, 9.17) is 9.47 Å². The molecule has 0 spiro atoms. The van der Waals surface area contributed by atoms with Gasteiger partial charge < -0.3 is 14.8 Å². The molecule has 1 amide bonds. The molecule has 0 aliphatic carbocycles. The summed E-state index contributed by atoms with van der Waals surface area (Å²) in [7, 11) is 1.58. The molecule has 0 radical (unpaired) electrons. The Labute approximate surface area is 165 Å². The molecule has 0 aliphatic rings. The van der Waals surface area contributed by atoms with Gasteiger partial charge in [0, 0.05) is 18.1 Å².